The molecule has 1 saturated carbocycles. The van der Waals surface area contributed by atoms with Gasteiger partial charge in [-0.05, 0) is 76.1 Å². The Morgan fingerprint density at radius 3 is 2.65 bits per heavy atom. The number of likely N-dealkylation sites (tertiary alicyclic amines) is 1. The Kier molecular flexibility index (Phi) is 5.01. The molecule has 2 aliphatic rings. The normalized spacial score (nSPS) is 24.6. The fourth-order valence-corrected chi connectivity index (χ4v) is 6.58. The van der Waals surface area contributed by atoms with Crippen LogP contribution in [0, 0.1) is 5.92 Å². The van der Waals surface area contributed by atoms with Crippen molar-refractivity contribution in [1.82, 2.24) is 4.90 Å². The van der Waals surface area contributed by atoms with Gasteiger partial charge in [0.25, 0.3) is 0 Å². The number of ketones is 1. The van der Waals surface area contributed by atoms with Crippen LogP contribution in [0.2, 0.25) is 0 Å². The fraction of sp³-hybridized carbons (Fsp3) is 0.667. The molecular weight excluding hydrogens is 402 g/mol. The van der Waals surface area contributed by atoms with Gasteiger partial charge in [0.15, 0.2) is 5.78 Å². The lowest BCUT2D eigenvalue weighted by Crippen LogP contribution is -2.38. The molecule has 2 heterocycles. The minimum Gasteiger partial charge on any atom is -0.293 e. The first-order chi connectivity index (χ1) is 9.65. The van der Waals surface area contributed by atoms with Gasteiger partial charge in [-0.2, -0.15) is 0 Å². The molecule has 1 aliphatic carbocycles. The van der Waals surface area contributed by atoms with Gasteiger partial charge in [-0.1, -0.05) is 12.8 Å². The maximum absolute atomic E-state index is 12.5. The highest BCUT2D eigenvalue weighted by molar-refractivity contribution is 9.12. The maximum atomic E-state index is 12.5. The molecule has 0 N–H and O–H groups in total. The van der Waals surface area contributed by atoms with Crippen molar-refractivity contribution < 1.29 is 4.79 Å². The third-order valence-corrected chi connectivity index (χ3v) is 7.00. The standard InChI is InChI=1S/C15H19Br2NOS/c16-14-8-11(15(17)20-14)13(19)9-18-7-3-6-12(18)10-4-1-2-5-10/h8,10,12H,1-7,9H2. The van der Waals surface area contributed by atoms with Crippen LogP contribution in [0.15, 0.2) is 13.6 Å². The number of thiophene rings is 1. The van der Waals surface area contributed by atoms with Gasteiger partial charge in [-0.25, -0.2) is 0 Å². The van der Waals surface area contributed by atoms with Crippen LogP contribution in [0.5, 0.6) is 0 Å². The Bertz CT molecular complexity index is 496. The van der Waals surface area contributed by atoms with E-state index in [1.54, 1.807) is 11.3 Å². The summed E-state index contributed by atoms with van der Waals surface area (Å²) < 4.78 is 1.97. The van der Waals surface area contributed by atoms with E-state index in [1.165, 1.54) is 38.5 Å². The Hall–Kier alpha value is 0.290. The minimum atomic E-state index is 0.253. The van der Waals surface area contributed by atoms with Crippen molar-refractivity contribution in [3.8, 4) is 0 Å². The molecule has 0 spiro atoms. The smallest absolute Gasteiger partial charge is 0.178 e. The third kappa shape index (κ3) is 3.21. The summed E-state index contributed by atoms with van der Waals surface area (Å²) in [6, 6.07) is 2.60. The van der Waals surface area contributed by atoms with Gasteiger partial charge >= 0.3 is 0 Å². The van der Waals surface area contributed by atoms with Crippen molar-refractivity contribution in [1.29, 1.82) is 0 Å². The van der Waals surface area contributed by atoms with Crippen molar-refractivity contribution in [3.63, 3.8) is 0 Å². The first kappa shape index (κ1) is 15.2. The average molecular weight is 421 g/mol. The molecule has 1 saturated heterocycles. The SMILES string of the molecule is O=C(CN1CCCC1C1CCCC1)c1cc(Br)sc1Br. The number of carbonyl (C=O) groups is 1. The molecule has 110 valence electrons. The monoisotopic (exact) mass is 419 g/mol. The number of carbonyl (C=O) groups excluding carboxylic acids is 1. The number of nitrogens with zero attached hydrogens (tertiary/aromatic N) is 1. The number of rotatable bonds is 4. The predicted octanol–water partition coefficient (Wildman–Crippen LogP) is 5.11. The van der Waals surface area contributed by atoms with E-state index in [2.05, 4.69) is 36.8 Å². The molecule has 2 nitrogen and oxygen atoms in total. The van der Waals surface area contributed by atoms with Crippen LogP contribution in [-0.2, 0) is 0 Å². The highest BCUT2D eigenvalue weighted by Crippen LogP contribution is 2.36. The van der Waals surface area contributed by atoms with Crippen molar-refractivity contribution in [2.75, 3.05) is 13.1 Å². The Labute approximate surface area is 141 Å². The number of halogens is 2. The second-order valence-corrected chi connectivity index (χ2v) is 9.63. The molecule has 1 aromatic rings. The lowest BCUT2D eigenvalue weighted by atomic mass is 9.96. The lowest BCUT2D eigenvalue weighted by molar-refractivity contribution is 0.0896. The topological polar surface area (TPSA) is 20.3 Å². The van der Waals surface area contributed by atoms with Crippen molar-refractivity contribution in [3.05, 3.63) is 19.2 Å². The fourth-order valence-electron chi connectivity index (χ4n) is 3.72. The van der Waals surface area contributed by atoms with Gasteiger partial charge in [0.05, 0.1) is 14.1 Å². The van der Waals surface area contributed by atoms with Gasteiger partial charge in [-0.3, -0.25) is 9.69 Å². The molecule has 20 heavy (non-hydrogen) atoms. The predicted molar refractivity (Wildman–Crippen MR) is 90.6 cm³/mol. The van der Waals surface area contributed by atoms with E-state index in [4.69, 9.17) is 0 Å². The molecule has 1 aliphatic heterocycles. The Balaban J connectivity index is 1.67. The molecule has 1 atom stereocenters. The van der Waals surface area contributed by atoms with E-state index in [0.717, 1.165) is 25.6 Å². The molecule has 3 rings (SSSR count). The summed E-state index contributed by atoms with van der Waals surface area (Å²) in [5.74, 6) is 1.09. The third-order valence-electron chi connectivity index (χ3n) is 4.66. The summed E-state index contributed by atoms with van der Waals surface area (Å²) in [6.45, 7) is 1.68. The van der Waals surface area contributed by atoms with E-state index >= 15 is 0 Å². The van der Waals surface area contributed by atoms with Crippen LogP contribution in [0.4, 0.5) is 0 Å². The summed E-state index contributed by atoms with van der Waals surface area (Å²) >= 11 is 8.53. The van der Waals surface area contributed by atoms with E-state index in [0.29, 0.717) is 12.6 Å². The van der Waals surface area contributed by atoms with E-state index in [-0.39, 0.29) is 5.78 Å². The largest absolute Gasteiger partial charge is 0.293 e. The number of Topliss-reactive ketones (excluding diaryl/α,β-unsaturated/α-hetero) is 1. The van der Waals surface area contributed by atoms with Crippen molar-refractivity contribution in [2.24, 2.45) is 5.92 Å². The minimum absolute atomic E-state index is 0.253. The van der Waals surface area contributed by atoms with Gasteiger partial charge < -0.3 is 0 Å². The molecule has 1 unspecified atom stereocenters. The van der Waals surface area contributed by atoms with Crippen molar-refractivity contribution >= 4 is 49.0 Å². The molecule has 0 aromatic carbocycles. The maximum Gasteiger partial charge on any atom is 0.178 e. The second-order valence-electron chi connectivity index (χ2n) is 5.89. The quantitative estimate of drug-likeness (QED) is 0.630. The van der Waals surface area contributed by atoms with Gasteiger partial charge in [-0.15, -0.1) is 11.3 Å². The van der Waals surface area contributed by atoms with Gasteiger partial charge in [0.1, 0.15) is 0 Å². The Morgan fingerprint density at radius 2 is 2.00 bits per heavy atom. The van der Waals surface area contributed by atoms with Crippen LogP contribution in [0.1, 0.15) is 48.9 Å². The summed E-state index contributed by atoms with van der Waals surface area (Å²) in [7, 11) is 0. The van der Waals surface area contributed by atoms with Crippen molar-refractivity contribution in [2.45, 2.75) is 44.6 Å². The lowest BCUT2D eigenvalue weighted by Gasteiger charge is -2.28. The summed E-state index contributed by atoms with van der Waals surface area (Å²) in [4.78, 5) is 15.0. The summed E-state index contributed by atoms with van der Waals surface area (Å²) in [5, 5.41) is 0. The zero-order valence-corrected chi connectivity index (χ0v) is 15.4. The van der Waals surface area contributed by atoms with E-state index < -0.39 is 0 Å². The number of hydrogen-bond acceptors (Lipinski definition) is 3. The van der Waals surface area contributed by atoms with Crippen LogP contribution in [-0.4, -0.2) is 29.8 Å². The summed E-state index contributed by atoms with van der Waals surface area (Å²) in [5.41, 5.74) is 0.832. The average Bonchev–Trinajstić information content (AvgIpc) is 3.09. The van der Waals surface area contributed by atoms with Crippen LogP contribution < -0.4 is 0 Å². The highest BCUT2D eigenvalue weighted by Gasteiger charge is 2.34. The molecule has 0 radical (unpaired) electrons. The zero-order chi connectivity index (χ0) is 14.1. The van der Waals surface area contributed by atoms with E-state index in [9.17, 15) is 4.79 Å². The molecule has 5 heteroatoms. The number of hydrogen-bond donors (Lipinski definition) is 0. The second kappa shape index (κ2) is 6.59. The zero-order valence-electron chi connectivity index (χ0n) is 11.4. The highest BCUT2D eigenvalue weighted by atomic mass is 79.9. The van der Waals surface area contributed by atoms with Crippen LogP contribution >= 0.6 is 43.2 Å². The Morgan fingerprint density at radius 1 is 1.25 bits per heavy atom. The van der Waals surface area contributed by atoms with Gasteiger partial charge in [0.2, 0.25) is 0 Å². The van der Waals surface area contributed by atoms with Crippen LogP contribution in [0.3, 0.4) is 0 Å². The van der Waals surface area contributed by atoms with Gasteiger partial charge in [0, 0.05) is 11.6 Å². The van der Waals surface area contributed by atoms with Crippen LogP contribution in [0.25, 0.3) is 0 Å². The first-order valence-electron chi connectivity index (χ1n) is 7.37. The molecule has 1 aromatic heterocycles. The molecular formula is C15H19Br2NOS. The first-order valence-corrected chi connectivity index (χ1v) is 9.77. The molecule has 0 bridgehead atoms. The molecule has 0 amide bonds. The summed E-state index contributed by atoms with van der Waals surface area (Å²) in [6.07, 6.45) is 8.03. The van der Waals surface area contributed by atoms with E-state index in [1.807, 2.05) is 6.07 Å². The molecule has 2 fully saturated rings.